The molecule has 0 radical (unpaired) electrons. The Morgan fingerprint density at radius 2 is 2.05 bits per heavy atom. The smallest absolute Gasteiger partial charge is 0.407 e. The second-order valence-corrected chi connectivity index (χ2v) is 4.62. The van der Waals surface area contributed by atoms with Gasteiger partial charge in [-0.25, -0.2) is 4.79 Å². The van der Waals surface area contributed by atoms with Gasteiger partial charge in [-0.3, -0.25) is 4.79 Å². The second kappa shape index (κ2) is 8.49. The van der Waals surface area contributed by atoms with E-state index in [1.54, 1.807) is 0 Å². The molecule has 0 aliphatic carbocycles. The maximum Gasteiger partial charge on any atom is 0.407 e. The van der Waals surface area contributed by atoms with Crippen molar-refractivity contribution in [3.05, 3.63) is 35.9 Å². The first-order valence-corrected chi connectivity index (χ1v) is 6.47. The highest BCUT2D eigenvalue weighted by Crippen LogP contribution is 2.08. The van der Waals surface area contributed by atoms with E-state index >= 15 is 0 Å². The summed E-state index contributed by atoms with van der Waals surface area (Å²) in [7, 11) is 1.35. The summed E-state index contributed by atoms with van der Waals surface area (Å²) in [5.74, 6) is -0.313. The first kappa shape index (κ1) is 17.3. The molecule has 0 unspecified atom stereocenters. The summed E-state index contributed by atoms with van der Waals surface area (Å²) in [6.45, 7) is 0.757. The van der Waals surface area contributed by atoms with Gasteiger partial charge in [0.2, 0.25) is 0 Å². The van der Waals surface area contributed by atoms with Crippen LogP contribution in [0.3, 0.4) is 0 Å². The number of hydrogen-bond acceptors (Lipinski definition) is 5. The molecule has 2 rings (SSSR count). The fourth-order valence-corrected chi connectivity index (χ4v) is 2.10. The average molecular weight is 315 g/mol. The lowest BCUT2D eigenvalue weighted by Crippen LogP contribution is -2.36. The Balaban J connectivity index is 0.00000220. The Labute approximate surface area is 129 Å². The van der Waals surface area contributed by atoms with E-state index in [0.29, 0.717) is 13.0 Å². The molecule has 0 bridgehead atoms. The van der Waals surface area contributed by atoms with E-state index in [4.69, 9.17) is 4.74 Å². The lowest BCUT2D eigenvalue weighted by molar-refractivity contribution is -0.142. The molecule has 21 heavy (non-hydrogen) atoms. The number of halogens is 1. The lowest BCUT2D eigenvalue weighted by Gasteiger charge is -2.12. The fourth-order valence-electron chi connectivity index (χ4n) is 2.10. The van der Waals surface area contributed by atoms with Gasteiger partial charge < -0.3 is 20.1 Å². The molecule has 1 aromatic rings. The van der Waals surface area contributed by atoms with E-state index in [-0.39, 0.29) is 37.1 Å². The monoisotopic (exact) mass is 314 g/mol. The zero-order chi connectivity index (χ0) is 14.4. The number of amides is 1. The van der Waals surface area contributed by atoms with Crippen molar-refractivity contribution in [2.24, 2.45) is 0 Å². The quantitative estimate of drug-likeness (QED) is 0.818. The van der Waals surface area contributed by atoms with E-state index in [0.717, 1.165) is 5.56 Å². The SMILES string of the molecule is COC(=O)[C@@H]1C[C@@H](NC(=O)OCc2ccccc2)CN1.Cl. The van der Waals surface area contributed by atoms with E-state index in [1.807, 2.05) is 30.3 Å². The Morgan fingerprint density at radius 3 is 2.71 bits per heavy atom. The molecule has 7 heteroatoms. The van der Waals surface area contributed by atoms with Gasteiger partial charge in [-0.1, -0.05) is 30.3 Å². The summed E-state index contributed by atoms with van der Waals surface area (Å²) >= 11 is 0. The molecule has 1 aliphatic heterocycles. The van der Waals surface area contributed by atoms with E-state index < -0.39 is 6.09 Å². The lowest BCUT2D eigenvalue weighted by atomic mass is 10.2. The molecule has 1 aromatic carbocycles. The topological polar surface area (TPSA) is 76.7 Å². The van der Waals surface area contributed by atoms with Crippen LogP contribution in [0.4, 0.5) is 4.79 Å². The largest absolute Gasteiger partial charge is 0.468 e. The van der Waals surface area contributed by atoms with Crippen molar-refractivity contribution in [3.8, 4) is 0 Å². The summed E-state index contributed by atoms with van der Waals surface area (Å²) in [4.78, 5) is 23.0. The molecule has 2 N–H and O–H groups in total. The Morgan fingerprint density at radius 1 is 1.33 bits per heavy atom. The maximum atomic E-state index is 11.6. The minimum absolute atomic E-state index is 0. The van der Waals surface area contributed by atoms with Crippen LogP contribution in [0, 0.1) is 0 Å². The van der Waals surface area contributed by atoms with Crippen molar-refractivity contribution < 1.29 is 19.1 Å². The van der Waals surface area contributed by atoms with Crippen molar-refractivity contribution in [2.75, 3.05) is 13.7 Å². The van der Waals surface area contributed by atoms with Crippen LogP contribution >= 0.6 is 12.4 Å². The van der Waals surface area contributed by atoms with E-state index in [2.05, 4.69) is 15.4 Å². The fraction of sp³-hybridized carbons (Fsp3) is 0.429. The zero-order valence-electron chi connectivity index (χ0n) is 11.7. The average Bonchev–Trinajstić information content (AvgIpc) is 2.94. The van der Waals surface area contributed by atoms with Crippen LogP contribution in [0.1, 0.15) is 12.0 Å². The van der Waals surface area contributed by atoms with Gasteiger partial charge >= 0.3 is 12.1 Å². The van der Waals surface area contributed by atoms with Crippen molar-refractivity contribution in [2.45, 2.75) is 25.1 Å². The Hall–Kier alpha value is -1.79. The molecule has 1 saturated heterocycles. The predicted octanol–water partition coefficient (Wildman–Crippen LogP) is 1.24. The van der Waals surface area contributed by atoms with E-state index in [1.165, 1.54) is 7.11 Å². The summed E-state index contributed by atoms with van der Waals surface area (Å²) in [6, 6.07) is 8.97. The Bertz CT molecular complexity index is 469. The van der Waals surface area contributed by atoms with Crippen molar-refractivity contribution in [1.82, 2.24) is 10.6 Å². The third-order valence-electron chi connectivity index (χ3n) is 3.15. The number of ether oxygens (including phenoxy) is 2. The number of benzene rings is 1. The minimum Gasteiger partial charge on any atom is -0.468 e. The highest BCUT2D eigenvalue weighted by Gasteiger charge is 2.31. The maximum absolute atomic E-state index is 11.6. The predicted molar refractivity (Wildman–Crippen MR) is 79.2 cm³/mol. The highest BCUT2D eigenvalue weighted by molar-refractivity contribution is 5.85. The number of esters is 1. The first-order chi connectivity index (χ1) is 9.69. The van der Waals surface area contributed by atoms with Crippen molar-refractivity contribution >= 4 is 24.5 Å². The van der Waals surface area contributed by atoms with Gasteiger partial charge in [-0.05, 0) is 12.0 Å². The standard InChI is InChI=1S/C14H18N2O4.ClH/c1-19-13(17)12-7-11(8-15-12)16-14(18)20-9-10-5-3-2-4-6-10;/h2-6,11-12,15H,7-9H2,1H3,(H,16,18);1H/t11-,12+;/m1./s1. The molecule has 1 aliphatic rings. The molecule has 2 atom stereocenters. The van der Waals surface area contributed by atoms with Crippen LogP contribution in [0.2, 0.25) is 0 Å². The highest BCUT2D eigenvalue weighted by atomic mass is 35.5. The number of nitrogens with one attached hydrogen (secondary N) is 2. The van der Waals surface area contributed by atoms with Gasteiger partial charge in [0.05, 0.1) is 7.11 Å². The van der Waals surface area contributed by atoms with E-state index in [9.17, 15) is 9.59 Å². The number of carbonyl (C=O) groups excluding carboxylic acids is 2. The second-order valence-electron chi connectivity index (χ2n) is 4.62. The molecule has 0 saturated carbocycles. The summed E-state index contributed by atoms with van der Waals surface area (Å²) in [5, 5.41) is 5.72. The summed E-state index contributed by atoms with van der Waals surface area (Å²) in [6.07, 6.45) is 0.0267. The van der Waals surface area contributed by atoms with Crippen LogP contribution in [0.5, 0.6) is 0 Å². The van der Waals surface area contributed by atoms with Crippen LogP contribution < -0.4 is 10.6 Å². The third kappa shape index (κ3) is 5.24. The van der Waals surface area contributed by atoms with Crippen LogP contribution in [0.15, 0.2) is 30.3 Å². The molecule has 1 fully saturated rings. The molecule has 6 nitrogen and oxygen atoms in total. The molecule has 0 aromatic heterocycles. The molecule has 1 amide bonds. The van der Waals surface area contributed by atoms with Crippen molar-refractivity contribution in [3.63, 3.8) is 0 Å². The molecular formula is C14H19ClN2O4. The molecule has 0 spiro atoms. The first-order valence-electron chi connectivity index (χ1n) is 6.47. The van der Waals surface area contributed by atoms with Crippen LogP contribution in [-0.4, -0.2) is 37.8 Å². The summed E-state index contributed by atoms with van der Waals surface area (Å²) in [5.41, 5.74) is 0.930. The Kier molecular flexibility index (Phi) is 6.98. The molecule has 1 heterocycles. The zero-order valence-corrected chi connectivity index (χ0v) is 12.5. The number of carbonyl (C=O) groups is 2. The van der Waals surface area contributed by atoms with Gasteiger partial charge in [0, 0.05) is 12.6 Å². The summed E-state index contributed by atoms with van der Waals surface area (Å²) < 4.78 is 9.77. The normalized spacial score (nSPS) is 20.2. The molecule has 116 valence electrons. The number of alkyl carbamates (subject to hydrolysis) is 1. The number of methoxy groups -OCH3 is 1. The van der Waals surface area contributed by atoms with Gasteiger partial charge in [0.25, 0.3) is 0 Å². The van der Waals surface area contributed by atoms with Gasteiger partial charge in [0.1, 0.15) is 12.6 Å². The third-order valence-corrected chi connectivity index (χ3v) is 3.15. The van der Waals surface area contributed by atoms with Crippen molar-refractivity contribution in [1.29, 1.82) is 0 Å². The number of rotatable bonds is 4. The molecular weight excluding hydrogens is 296 g/mol. The van der Waals surface area contributed by atoms with Gasteiger partial charge in [0.15, 0.2) is 0 Å². The van der Waals surface area contributed by atoms with Gasteiger partial charge in [-0.15, -0.1) is 12.4 Å². The van der Waals surface area contributed by atoms with Crippen LogP contribution in [-0.2, 0) is 20.9 Å². The minimum atomic E-state index is -0.480. The van der Waals surface area contributed by atoms with Crippen LogP contribution in [0.25, 0.3) is 0 Å². The van der Waals surface area contributed by atoms with Gasteiger partial charge in [-0.2, -0.15) is 0 Å². The number of hydrogen-bond donors (Lipinski definition) is 2.